The van der Waals surface area contributed by atoms with Crippen molar-refractivity contribution in [2.24, 2.45) is 0 Å². The van der Waals surface area contributed by atoms with Gasteiger partial charge in [0.15, 0.2) is 15.3 Å². The smallest absolute Gasteiger partial charge is 0.209 e. The molecule has 88 valence electrons. The lowest BCUT2D eigenvalue weighted by Gasteiger charge is -1.93. The fourth-order valence-electron chi connectivity index (χ4n) is 1.38. The molecule has 3 nitrogen and oxygen atoms in total. The summed E-state index contributed by atoms with van der Waals surface area (Å²) in [6.45, 7) is 4.02. The molecule has 2 atom stereocenters. The van der Waals surface area contributed by atoms with Gasteiger partial charge in [0.05, 0.1) is 10.8 Å². The van der Waals surface area contributed by atoms with Gasteiger partial charge in [0.1, 0.15) is 17.7 Å². The summed E-state index contributed by atoms with van der Waals surface area (Å²) >= 11 is 4.35. The van der Waals surface area contributed by atoms with E-state index in [4.69, 9.17) is 5.26 Å². The van der Waals surface area contributed by atoms with Crippen LogP contribution < -0.4 is 0 Å². The van der Waals surface area contributed by atoms with Crippen LogP contribution in [0.15, 0.2) is 5.03 Å². The van der Waals surface area contributed by atoms with E-state index in [1.165, 1.54) is 0 Å². The molecule has 0 saturated heterocycles. The van der Waals surface area contributed by atoms with E-state index in [1.807, 2.05) is 13.8 Å². The Kier molecular flexibility index (Phi) is 5.46. The SMILES string of the molecule is CCCc1c(C#N)c(S(=O)CCC)n[s+]1S. The van der Waals surface area contributed by atoms with Crippen molar-refractivity contribution in [3.05, 3.63) is 10.4 Å². The van der Waals surface area contributed by atoms with E-state index in [1.54, 1.807) is 0 Å². The highest BCUT2D eigenvalue weighted by molar-refractivity contribution is 8.32. The average molecular weight is 275 g/mol. The van der Waals surface area contributed by atoms with Crippen LogP contribution in [-0.2, 0) is 17.2 Å². The van der Waals surface area contributed by atoms with Crippen molar-refractivity contribution >= 4 is 32.2 Å². The normalized spacial score (nSPS) is 13.5. The first-order valence-electron chi connectivity index (χ1n) is 5.19. The first-order valence-corrected chi connectivity index (χ1v) is 8.75. The van der Waals surface area contributed by atoms with Crippen molar-refractivity contribution in [2.75, 3.05) is 5.75 Å². The molecule has 2 unspecified atom stereocenters. The lowest BCUT2D eigenvalue weighted by atomic mass is 10.2. The predicted molar refractivity (Wildman–Crippen MR) is 71.4 cm³/mol. The van der Waals surface area contributed by atoms with Gasteiger partial charge in [-0.25, -0.2) is 0 Å². The van der Waals surface area contributed by atoms with Crippen LogP contribution in [0.25, 0.3) is 0 Å². The van der Waals surface area contributed by atoms with Crippen LogP contribution in [0, 0.1) is 11.3 Å². The first kappa shape index (κ1) is 13.7. The summed E-state index contributed by atoms with van der Waals surface area (Å²) in [4.78, 5) is 0.952. The molecule has 0 bridgehead atoms. The Balaban J connectivity index is 3.16. The highest BCUT2D eigenvalue weighted by Gasteiger charge is 2.28. The number of rotatable bonds is 5. The van der Waals surface area contributed by atoms with Crippen LogP contribution in [0.3, 0.4) is 0 Å². The largest absolute Gasteiger partial charge is 0.253 e. The molecule has 0 aliphatic heterocycles. The Morgan fingerprint density at radius 3 is 2.69 bits per heavy atom. The summed E-state index contributed by atoms with van der Waals surface area (Å²) < 4.78 is 16.1. The van der Waals surface area contributed by atoms with Gasteiger partial charge in [0, 0.05) is 12.2 Å². The third-order valence-corrected chi connectivity index (χ3v) is 5.81. The van der Waals surface area contributed by atoms with E-state index in [0.717, 1.165) is 24.1 Å². The maximum absolute atomic E-state index is 11.9. The summed E-state index contributed by atoms with van der Waals surface area (Å²) in [5.74, 6) is 0.564. The molecule has 16 heavy (non-hydrogen) atoms. The molecule has 1 aromatic heterocycles. The Hall–Kier alpha value is -0.380. The van der Waals surface area contributed by atoms with Gasteiger partial charge >= 0.3 is 0 Å². The van der Waals surface area contributed by atoms with E-state index < -0.39 is 20.5 Å². The zero-order chi connectivity index (χ0) is 12.1. The second kappa shape index (κ2) is 6.38. The Bertz CT molecular complexity index is 434. The van der Waals surface area contributed by atoms with Crippen molar-refractivity contribution in [1.82, 2.24) is 4.37 Å². The van der Waals surface area contributed by atoms with E-state index in [0.29, 0.717) is 16.3 Å². The van der Waals surface area contributed by atoms with Crippen LogP contribution in [0.2, 0.25) is 0 Å². The minimum Gasteiger partial charge on any atom is -0.253 e. The van der Waals surface area contributed by atoms with Crippen molar-refractivity contribution in [3.63, 3.8) is 0 Å². The summed E-state index contributed by atoms with van der Waals surface area (Å²) in [5, 5.41) is 9.58. The third-order valence-electron chi connectivity index (χ3n) is 2.08. The monoisotopic (exact) mass is 275 g/mol. The number of thiol groups is 1. The highest BCUT2D eigenvalue weighted by atomic mass is 33.1. The van der Waals surface area contributed by atoms with Crippen molar-refractivity contribution in [3.8, 4) is 6.07 Å². The number of aromatic nitrogens is 1. The number of hydrogen-bond acceptors (Lipinski definition) is 4. The molecule has 0 saturated carbocycles. The number of nitriles is 1. The molecular weight excluding hydrogens is 260 g/mol. The summed E-state index contributed by atoms with van der Waals surface area (Å²) in [7, 11) is -1.69. The van der Waals surface area contributed by atoms with Gasteiger partial charge < -0.3 is 0 Å². The van der Waals surface area contributed by atoms with E-state index in [9.17, 15) is 4.21 Å². The standard InChI is InChI=1S/C10H15N2OS3/c1-3-5-9-8(7-11)10(12-16(9)14)15(13)6-4-2/h14H,3-6H2,1-2H3/q+1. The van der Waals surface area contributed by atoms with Gasteiger partial charge in [-0.3, -0.25) is 4.21 Å². The molecule has 0 fully saturated rings. The predicted octanol–water partition coefficient (Wildman–Crippen LogP) is 2.87. The van der Waals surface area contributed by atoms with E-state index >= 15 is 0 Å². The Labute approximate surface area is 106 Å². The molecule has 0 spiro atoms. The summed E-state index contributed by atoms with van der Waals surface area (Å²) in [6.07, 6.45) is 2.59. The summed E-state index contributed by atoms with van der Waals surface area (Å²) in [5.41, 5.74) is 0.520. The van der Waals surface area contributed by atoms with Gasteiger partial charge in [-0.2, -0.15) is 5.26 Å². The fraction of sp³-hybridized carbons (Fsp3) is 0.600. The van der Waals surface area contributed by atoms with Crippen molar-refractivity contribution < 1.29 is 4.21 Å². The lowest BCUT2D eigenvalue weighted by Crippen LogP contribution is -1.99. The van der Waals surface area contributed by atoms with Crippen LogP contribution in [0.1, 0.15) is 37.1 Å². The second-order valence-corrected chi connectivity index (χ2v) is 7.10. The molecule has 1 heterocycles. The van der Waals surface area contributed by atoms with Gasteiger partial charge in [0.2, 0.25) is 9.90 Å². The first-order chi connectivity index (χ1) is 7.65. The van der Waals surface area contributed by atoms with Crippen LogP contribution in [-0.4, -0.2) is 14.3 Å². The topological polar surface area (TPSA) is 53.8 Å². The quantitative estimate of drug-likeness (QED) is 0.511. The zero-order valence-electron chi connectivity index (χ0n) is 9.39. The number of hydrogen-bond donors (Lipinski definition) is 1. The molecule has 0 radical (unpaired) electrons. The molecular formula is C10H15N2OS3+. The zero-order valence-corrected chi connectivity index (χ0v) is 11.9. The van der Waals surface area contributed by atoms with Crippen LogP contribution in [0.4, 0.5) is 0 Å². The Morgan fingerprint density at radius 1 is 1.50 bits per heavy atom. The fourth-order valence-corrected chi connectivity index (χ4v) is 4.99. The summed E-state index contributed by atoms with van der Waals surface area (Å²) in [6, 6.07) is 2.13. The molecule has 6 heteroatoms. The molecule has 0 N–H and O–H groups in total. The third kappa shape index (κ3) is 2.84. The molecule has 0 amide bonds. The van der Waals surface area contributed by atoms with E-state index in [2.05, 4.69) is 22.1 Å². The average Bonchev–Trinajstić information content (AvgIpc) is 2.57. The van der Waals surface area contributed by atoms with Crippen LogP contribution in [0.5, 0.6) is 0 Å². The van der Waals surface area contributed by atoms with Crippen LogP contribution >= 0.6 is 21.4 Å². The van der Waals surface area contributed by atoms with Gasteiger partial charge in [-0.15, -0.1) is 0 Å². The van der Waals surface area contributed by atoms with Gasteiger partial charge in [0.25, 0.3) is 0 Å². The minimum atomic E-state index is -1.14. The molecule has 1 rings (SSSR count). The van der Waals surface area contributed by atoms with Gasteiger partial charge in [-0.05, 0) is 17.2 Å². The minimum absolute atomic E-state index is 0.464. The second-order valence-electron chi connectivity index (χ2n) is 3.37. The molecule has 0 aliphatic carbocycles. The van der Waals surface area contributed by atoms with E-state index in [-0.39, 0.29) is 0 Å². The lowest BCUT2D eigenvalue weighted by molar-refractivity contribution is 0.679. The maximum atomic E-state index is 11.9. The molecule has 1 aromatic rings. The molecule has 0 aromatic carbocycles. The van der Waals surface area contributed by atoms with Gasteiger partial charge in [-0.1, -0.05) is 13.8 Å². The Morgan fingerprint density at radius 2 is 2.19 bits per heavy atom. The highest BCUT2D eigenvalue weighted by Crippen LogP contribution is 2.34. The molecule has 0 aliphatic rings. The number of nitrogens with zero attached hydrogens (tertiary/aromatic N) is 2. The van der Waals surface area contributed by atoms with Crippen molar-refractivity contribution in [1.29, 1.82) is 5.26 Å². The maximum Gasteiger partial charge on any atom is 0.209 e. The van der Waals surface area contributed by atoms with Crippen molar-refractivity contribution in [2.45, 2.75) is 38.1 Å².